The molecule has 0 aliphatic carbocycles. The first-order valence-corrected chi connectivity index (χ1v) is 6.43. The van der Waals surface area contributed by atoms with Crippen LogP contribution in [0.2, 0.25) is 0 Å². The smallest absolute Gasteiger partial charge is 0.0462 e. The number of piperazine rings is 1. The molecule has 0 amide bonds. The molecule has 0 radical (unpaired) electrons. The van der Waals surface area contributed by atoms with Crippen LogP contribution < -0.4 is 5.73 Å². The molecule has 4 heteroatoms. The van der Waals surface area contributed by atoms with E-state index in [9.17, 15) is 0 Å². The average Bonchev–Trinajstić information content (AvgIpc) is 2.34. The van der Waals surface area contributed by atoms with Crippen LogP contribution in [0.5, 0.6) is 0 Å². The van der Waals surface area contributed by atoms with E-state index in [1.54, 1.807) is 7.11 Å². The molecule has 0 saturated carbocycles. The summed E-state index contributed by atoms with van der Waals surface area (Å²) in [5.74, 6) is 0. The van der Waals surface area contributed by atoms with Crippen molar-refractivity contribution in [2.75, 3.05) is 53.0 Å². The lowest BCUT2D eigenvalue weighted by Gasteiger charge is -2.37. The average molecular weight is 229 g/mol. The van der Waals surface area contributed by atoms with Gasteiger partial charge in [-0.1, -0.05) is 0 Å². The van der Waals surface area contributed by atoms with Crippen molar-refractivity contribution in [1.82, 2.24) is 9.80 Å². The molecule has 0 aromatic heterocycles. The molecule has 1 heterocycles. The van der Waals surface area contributed by atoms with Crippen LogP contribution in [-0.4, -0.2) is 68.8 Å². The van der Waals surface area contributed by atoms with Crippen molar-refractivity contribution in [3.05, 3.63) is 0 Å². The Morgan fingerprint density at radius 2 is 1.88 bits per heavy atom. The Morgan fingerprint density at radius 3 is 2.44 bits per heavy atom. The summed E-state index contributed by atoms with van der Waals surface area (Å²) in [6.45, 7) is 9.82. The van der Waals surface area contributed by atoms with Gasteiger partial charge in [-0.25, -0.2) is 0 Å². The van der Waals surface area contributed by atoms with E-state index in [1.807, 2.05) is 0 Å². The van der Waals surface area contributed by atoms with Crippen molar-refractivity contribution in [3.63, 3.8) is 0 Å². The fourth-order valence-electron chi connectivity index (χ4n) is 2.16. The molecule has 4 nitrogen and oxygen atoms in total. The Balaban J connectivity index is 2.07. The molecule has 96 valence electrons. The lowest BCUT2D eigenvalue weighted by Crippen LogP contribution is -2.51. The second-order valence-corrected chi connectivity index (χ2v) is 4.66. The molecule has 0 bridgehead atoms. The molecule has 0 aromatic carbocycles. The Morgan fingerprint density at radius 1 is 1.19 bits per heavy atom. The highest BCUT2D eigenvalue weighted by Crippen LogP contribution is 2.06. The van der Waals surface area contributed by atoms with E-state index in [4.69, 9.17) is 10.5 Å². The van der Waals surface area contributed by atoms with Crippen molar-refractivity contribution in [2.45, 2.75) is 25.8 Å². The first-order chi connectivity index (χ1) is 7.77. The molecule has 0 spiro atoms. The number of methoxy groups -OCH3 is 1. The number of nitrogens with zero attached hydrogens (tertiary/aromatic N) is 2. The monoisotopic (exact) mass is 229 g/mol. The first-order valence-electron chi connectivity index (χ1n) is 6.43. The highest BCUT2D eigenvalue weighted by Gasteiger charge is 2.19. The second-order valence-electron chi connectivity index (χ2n) is 4.66. The normalized spacial score (nSPS) is 21.2. The lowest BCUT2D eigenvalue weighted by molar-refractivity contribution is 0.101. The van der Waals surface area contributed by atoms with E-state index in [1.165, 1.54) is 45.6 Å². The summed E-state index contributed by atoms with van der Waals surface area (Å²) in [6.07, 6.45) is 2.43. The van der Waals surface area contributed by atoms with Crippen molar-refractivity contribution in [1.29, 1.82) is 0 Å². The van der Waals surface area contributed by atoms with Gasteiger partial charge in [-0.3, -0.25) is 4.90 Å². The van der Waals surface area contributed by atoms with Crippen LogP contribution >= 0.6 is 0 Å². The van der Waals surface area contributed by atoms with E-state index in [0.717, 1.165) is 13.2 Å². The second kappa shape index (κ2) is 8.01. The largest absolute Gasteiger partial charge is 0.385 e. The number of rotatable bonds is 7. The lowest BCUT2D eigenvalue weighted by atomic mass is 10.2. The first kappa shape index (κ1) is 13.9. The highest BCUT2D eigenvalue weighted by atomic mass is 16.5. The number of nitrogens with two attached hydrogens (primary N) is 1. The maximum Gasteiger partial charge on any atom is 0.0462 e. The standard InChI is InChI=1S/C12H27N3O/c1-12(11-13)15-8-6-14(7-9-15)5-3-4-10-16-2/h12H,3-11,13H2,1-2H3. The van der Waals surface area contributed by atoms with Gasteiger partial charge < -0.3 is 15.4 Å². The summed E-state index contributed by atoms with van der Waals surface area (Å²) >= 11 is 0. The molecule has 1 rings (SSSR count). The quantitative estimate of drug-likeness (QED) is 0.641. The molecule has 16 heavy (non-hydrogen) atoms. The van der Waals surface area contributed by atoms with Gasteiger partial charge in [0, 0.05) is 52.5 Å². The number of hydrogen-bond donors (Lipinski definition) is 1. The summed E-state index contributed by atoms with van der Waals surface area (Å²) in [7, 11) is 1.77. The zero-order valence-corrected chi connectivity index (χ0v) is 10.8. The van der Waals surface area contributed by atoms with Crippen molar-refractivity contribution < 1.29 is 4.74 Å². The SMILES string of the molecule is COCCCCN1CCN(C(C)CN)CC1. The zero-order chi connectivity index (χ0) is 11.8. The minimum Gasteiger partial charge on any atom is -0.385 e. The van der Waals surface area contributed by atoms with E-state index in [-0.39, 0.29) is 0 Å². The fourth-order valence-corrected chi connectivity index (χ4v) is 2.16. The van der Waals surface area contributed by atoms with Crippen molar-refractivity contribution in [2.24, 2.45) is 5.73 Å². The molecule has 1 fully saturated rings. The third-order valence-electron chi connectivity index (χ3n) is 3.44. The number of hydrogen-bond acceptors (Lipinski definition) is 4. The van der Waals surface area contributed by atoms with Crippen molar-refractivity contribution >= 4 is 0 Å². The molecule has 0 aromatic rings. The maximum atomic E-state index is 5.68. The summed E-state index contributed by atoms with van der Waals surface area (Å²) in [5.41, 5.74) is 5.68. The Labute approximate surface area is 99.7 Å². The van der Waals surface area contributed by atoms with Crippen LogP contribution in [0.4, 0.5) is 0 Å². The van der Waals surface area contributed by atoms with Crippen LogP contribution in [0.1, 0.15) is 19.8 Å². The van der Waals surface area contributed by atoms with Crippen LogP contribution in [-0.2, 0) is 4.74 Å². The predicted molar refractivity (Wildman–Crippen MR) is 67.6 cm³/mol. The molecule has 1 unspecified atom stereocenters. The van der Waals surface area contributed by atoms with Gasteiger partial charge in [0.05, 0.1) is 0 Å². The van der Waals surface area contributed by atoms with Crippen LogP contribution in [0, 0.1) is 0 Å². The topological polar surface area (TPSA) is 41.7 Å². The molecule has 1 aliphatic rings. The van der Waals surface area contributed by atoms with Crippen LogP contribution in [0.15, 0.2) is 0 Å². The Kier molecular flexibility index (Phi) is 6.96. The minimum absolute atomic E-state index is 0.538. The predicted octanol–water partition coefficient (Wildman–Crippen LogP) is 0.378. The molecule has 1 saturated heterocycles. The maximum absolute atomic E-state index is 5.68. The van der Waals surface area contributed by atoms with Gasteiger partial charge in [0.2, 0.25) is 0 Å². The highest BCUT2D eigenvalue weighted by molar-refractivity contribution is 4.76. The third-order valence-corrected chi connectivity index (χ3v) is 3.44. The van der Waals surface area contributed by atoms with Gasteiger partial charge in [-0.2, -0.15) is 0 Å². The van der Waals surface area contributed by atoms with Gasteiger partial charge in [-0.05, 0) is 26.3 Å². The molecular weight excluding hydrogens is 202 g/mol. The third kappa shape index (κ3) is 4.78. The summed E-state index contributed by atoms with van der Waals surface area (Å²) in [6, 6.07) is 0.538. The molecule has 1 atom stereocenters. The van der Waals surface area contributed by atoms with Gasteiger partial charge in [0.25, 0.3) is 0 Å². The summed E-state index contributed by atoms with van der Waals surface area (Å²) < 4.78 is 5.05. The van der Waals surface area contributed by atoms with E-state index in [2.05, 4.69) is 16.7 Å². The zero-order valence-electron chi connectivity index (χ0n) is 10.8. The van der Waals surface area contributed by atoms with E-state index < -0.39 is 0 Å². The molecule has 2 N–H and O–H groups in total. The Hall–Kier alpha value is -0.160. The minimum atomic E-state index is 0.538. The summed E-state index contributed by atoms with van der Waals surface area (Å²) in [4.78, 5) is 5.04. The van der Waals surface area contributed by atoms with Crippen LogP contribution in [0.3, 0.4) is 0 Å². The van der Waals surface area contributed by atoms with E-state index >= 15 is 0 Å². The van der Waals surface area contributed by atoms with Gasteiger partial charge in [0.15, 0.2) is 0 Å². The number of unbranched alkanes of at least 4 members (excludes halogenated alkanes) is 1. The Bertz CT molecular complexity index is 170. The van der Waals surface area contributed by atoms with Crippen LogP contribution in [0.25, 0.3) is 0 Å². The number of ether oxygens (including phenoxy) is 1. The summed E-state index contributed by atoms with van der Waals surface area (Å²) in [5, 5.41) is 0. The fraction of sp³-hybridized carbons (Fsp3) is 1.00. The van der Waals surface area contributed by atoms with Gasteiger partial charge in [-0.15, -0.1) is 0 Å². The van der Waals surface area contributed by atoms with Gasteiger partial charge in [0.1, 0.15) is 0 Å². The molecular formula is C12H27N3O. The molecule has 1 aliphatic heterocycles. The van der Waals surface area contributed by atoms with Crippen molar-refractivity contribution in [3.8, 4) is 0 Å². The van der Waals surface area contributed by atoms with E-state index in [0.29, 0.717) is 6.04 Å². The van der Waals surface area contributed by atoms with Gasteiger partial charge >= 0.3 is 0 Å².